The van der Waals surface area contributed by atoms with Crippen LogP contribution in [0.2, 0.25) is 0 Å². The monoisotopic (exact) mass is 206 g/mol. The van der Waals surface area contributed by atoms with Crippen molar-refractivity contribution in [3.63, 3.8) is 0 Å². The van der Waals surface area contributed by atoms with Crippen LogP contribution in [0.5, 0.6) is 5.75 Å². The van der Waals surface area contributed by atoms with Gasteiger partial charge in [0.25, 0.3) is 0 Å². The molecule has 2 rings (SSSR count). The molecule has 0 bridgehead atoms. The minimum atomic E-state index is -0.201. The predicted molar refractivity (Wildman–Crippen MR) is 55.8 cm³/mol. The maximum absolute atomic E-state index is 11.0. The van der Waals surface area contributed by atoms with Crippen LogP contribution < -0.4 is 4.74 Å². The molecule has 1 saturated heterocycles. The number of rotatable bonds is 4. The molecule has 1 aromatic carbocycles. The van der Waals surface area contributed by atoms with Crippen molar-refractivity contribution >= 4 is 5.97 Å². The van der Waals surface area contributed by atoms with Gasteiger partial charge in [-0.2, -0.15) is 0 Å². The summed E-state index contributed by atoms with van der Waals surface area (Å²) >= 11 is 0. The summed E-state index contributed by atoms with van der Waals surface area (Å²) in [6.45, 7) is 2.65. The molecule has 1 fully saturated rings. The fraction of sp³-hybridized carbons (Fsp3) is 0.417. The second-order valence-corrected chi connectivity index (χ2v) is 3.63. The smallest absolute Gasteiger partial charge is 0.310 e. The Bertz CT molecular complexity index is 338. The van der Waals surface area contributed by atoms with Gasteiger partial charge in [-0.1, -0.05) is 19.1 Å². The van der Waals surface area contributed by atoms with E-state index in [1.807, 2.05) is 24.3 Å². The van der Waals surface area contributed by atoms with E-state index in [4.69, 9.17) is 9.47 Å². The van der Waals surface area contributed by atoms with E-state index in [1.54, 1.807) is 6.92 Å². The van der Waals surface area contributed by atoms with Crippen LogP contribution in [0.25, 0.3) is 0 Å². The van der Waals surface area contributed by atoms with Crippen molar-refractivity contribution in [2.75, 3.05) is 6.61 Å². The Kier molecular flexibility index (Phi) is 3.02. The molecule has 1 aliphatic rings. The second-order valence-electron chi connectivity index (χ2n) is 3.63. The molecule has 1 atom stereocenters. The van der Waals surface area contributed by atoms with Crippen LogP contribution in [0.15, 0.2) is 24.3 Å². The lowest BCUT2D eigenvalue weighted by Gasteiger charge is -2.03. The number of hydrogen-bond acceptors (Lipinski definition) is 3. The maximum Gasteiger partial charge on any atom is 0.310 e. The van der Waals surface area contributed by atoms with E-state index in [0.29, 0.717) is 18.3 Å². The zero-order chi connectivity index (χ0) is 10.7. The molecule has 0 N–H and O–H groups in total. The summed E-state index contributed by atoms with van der Waals surface area (Å²) in [5.74, 6) is 0.413. The molecule has 15 heavy (non-hydrogen) atoms. The quantitative estimate of drug-likeness (QED) is 0.429. The van der Waals surface area contributed by atoms with Crippen molar-refractivity contribution in [2.24, 2.45) is 0 Å². The number of carbonyl (C=O) groups excluding carboxylic acids is 1. The molecular formula is C12H14O3. The summed E-state index contributed by atoms with van der Waals surface area (Å²) in [6, 6.07) is 7.59. The minimum absolute atomic E-state index is 0.201. The van der Waals surface area contributed by atoms with Crippen molar-refractivity contribution in [1.29, 1.82) is 0 Å². The zero-order valence-corrected chi connectivity index (χ0v) is 8.73. The minimum Gasteiger partial charge on any atom is -0.427 e. The highest BCUT2D eigenvalue weighted by atomic mass is 16.6. The number of esters is 1. The Morgan fingerprint density at radius 2 is 2.13 bits per heavy atom. The second kappa shape index (κ2) is 4.45. The molecule has 0 aromatic heterocycles. The molecule has 1 aliphatic heterocycles. The van der Waals surface area contributed by atoms with Crippen molar-refractivity contribution < 1.29 is 14.3 Å². The van der Waals surface area contributed by atoms with E-state index in [0.717, 1.165) is 13.0 Å². The van der Waals surface area contributed by atoms with Crippen LogP contribution in [0.4, 0.5) is 0 Å². The molecule has 0 unspecified atom stereocenters. The van der Waals surface area contributed by atoms with Gasteiger partial charge >= 0.3 is 5.97 Å². The first-order valence-electron chi connectivity index (χ1n) is 5.19. The Hall–Kier alpha value is -1.35. The molecule has 0 amide bonds. The largest absolute Gasteiger partial charge is 0.427 e. The highest BCUT2D eigenvalue weighted by molar-refractivity contribution is 5.71. The third-order valence-electron chi connectivity index (χ3n) is 2.31. The van der Waals surface area contributed by atoms with Crippen LogP contribution in [0.3, 0.4) is 0 Å². The topological polar surface area (TPSA) is 38.8 Å². The number of epoxide rings is 1. The predicted octanol–water partition coefficient (Wildman–Crippen LogP) is 1.94. The first kappa shape index (κ1) is 10.2. The molecular weight excluding hydrogens is 192 g/mol. The average Bonchev–Trinajstić information content (AvgIpc) is 3.05. The van der Waals surface area contributed by atoms with Crippen LogP contribution in [0.1, 0.15) is 18.9 Å². The highest BCUT2D eigenvalue weighted by Crippen LogP contribution is 2.18. The molecule has 80 valence electrons. The number of hydrogen-bond donors (Lipinski definition) is 0. The third kappa shape index (κ3) is 3.06. The van der Waals surface area contributed by atoms with E-state index in [1.165, 1.54) is 5.56 Å². The van der Waals surface area contributed by atoms with E-state index < -0.39 is 0 Å². The summed E-state index contributed by atoms with van der Waals surface area (Å²) in [5, 5.41) is 0. The molecule has 0 saturated carbocycles. The van der Waals surface area contributed by atoms with Crippen LogP contribution >= 0.6 is 0 Å². The van der Waals surface area contributed by atoms with Gasteiger partial charge in [0.15, 0.2) is 0 Å². The molecule has 3 nitrogen and oxygen atoms in total. The lowest BCUT2D eigenvalue weighted by molar-refractivity contribution is -0.134. The molecule has 3 heteroatoms. The van der Waals surface area contributed by atoms with Gasteiger partial charge in [0.1, 0.15) is 5.75 Å². The fourth-order valence-electron chi connectivity index (χ4n) is 1.35. The molecule has 0 aliphatic carbocycles. The molecule has 1 heterocycles. The average molecular weight is 206 g/mol. The molecule has 0 spiro atoms. The Morgan fingerprint density at radius 3 is 2.67 bits per heavy atom. The SMILES string of the molecule is CCC(=O)Oc1ccc(C[C@@H]2CO2)cc1. The fourth-order valence-corrected chi connectivity index (χ4v) is 1.35. The summed E-state index contributed by atoms with van der Waals surface area (Å²) in [5.41, 5.74) is 1.22. The van der Waals surface area contributed by atoms with Gasteiger partial charge < -0.3 is 9.47 Å². The Labute approximate surface area is 89.0 Å². The normalized spacial score (nSPS) is 18.6. The number of carbonyl (C=O) groups is 1. The number of benzene rings is 1. The summed E-state index contributed by atoms with van der Waals surface area (Å²) < 4.78 is 10.2. The first-order valence-corrected chi connectivity index (χ1v) is 5.19. The van der Waals surface area contributed by atoms with E-state index >= 15 is 0 Å². The summed E-state index contributed by atoms with van der Waals surface area (Å²) in [6.07, 6.45) is 1.74. The maximum atomic E-state index is 11.0. The first-order chi connectivity index (χ1) is 7.28. The number of ether oxygens (including phenoxy) is 2. The molecule has 0 radical (unpaired) electrons. The van der Waals surface area contributed by atoms with Gasteiger partial charge in [0.05, 0.1) is 12.7 Å². The van der Waals surface area contributed by atoms with Gasteiger partial charge in [-0.3, -0.25) is 4.79 Å². The van der Waals surface area contributed by atoms with Gasteiger partial charge in [-0.15, -0.1) is 0 Å². The zero-order valence-electron chi connectivity index (χ0n) is 8.73. The van der Waals surface area contributed by atoms with E-state index in [9.17, 15) is 4.79 Å². The van der Waals surface area contributed by atoms with E-state index in [-0.39, 0.29) is 5.97 Å². The van der Waals surface area contributed by atoms with Gasteiger partial charge in [0.2, 0.25) is 0 Å². The van der Waals surface area contributed by atoms with Gasteiger partial charge in [-0.25, -0.2) is 0 Å². The van der Waals surface area contributed by atoms with Gasteiger partial charge in [-0.05, 0) is 17.7 Å². The summed E-state index contributed by atoms with van der Waals surface area (Å²) in [4.78, 5) is 11.0. The lowest BCUT2D eigenvalue weighted by Crippen LogP contribution is -2.05. The van der Waals surface area contributed by atoms with Crippen molar-refractivity contribution in [3.05, 3.63) is 29.8 Å². The Balaban J connectivity index is 1.93. The summed E-state index contributed by atoms with van der Waals surface area (Å²) in [7, 11) is 0. The van der Waals surface area contributed by atoms with Crippen molar-refractivity contribution in [1.82, 2.24) is 0 Å². The van der Waals surface area contributed by atoms with E-state index in [2.05, 4.69) is 0 Å². The van der Waals surface area contributed by atoms with Gasteiger partial charge in [0, 0.05) is 12.8 Å². The van der Waals surface area contributed by atoms with Crippen LogP contribution in [-0.4, -0.2) is 18.7 Å². The third-order valence-corrected chi connectivity index (χ3v) is 2.31. The highest BCUT2D eigenvalue weighted by Gasteiger charge is 2.22. The molecule has 1 aromatic rings. The van der Waals surface area contributed by atoms with Crippen molar-refractivity contribution in [3.8, 4) is 5.75 Å². The Morgan fingerprint density at radius 1 is 1.47 bits per heavy atom. The van der Waals surface area contributed by atoms with Crippen molar-refractivity contribution in [2.45, 2.75) is 25.9 Å². The van der Waals surface area contributed by atoms with Crippen LogP contribution in [-0.2, 0) is 16.0 Å². The lowest BCUT2D eigenvalue weighted by atomic mass is 10.1. The van der Waals surface area contributed by atoms with Crippen LogP contribution in [0, 0.1) is 0 Å². The standard InChI is InChI=1S/C12H14O3/c1-2-12(13)15-10-5-3-9(4-6-10)7-11-8-14-11/h3-6,11H,2,7-8H2,1H3/t11-/m1/s1.